The van der Waals surface area contributed by atoms with Crippen molar-refractivity contribution in [1.82, 2.24) is 14.4 Å². The van der Waals surface area contributed by atoms with Crippen molar-refractivity contribution >= 4 is 39.8 Å². The van der Waals surface area contributed by atoms with Crippen molar-refractivity contribution in [2.24, 2.45) is 0 Å². The number of fused-ring (bicyclic) bond motifs is 3. The second kappa shape index (κ2) is 4.96. The van der Waals surface area contributed by atoms with Crippen LogP contribution in [0.4, 0.5) is 15.9 Å². The highest BCUT2D eigenvalue weighted by molar-refractivity contribution is 6.35. The third kappa shape index (κ3) is 2.07. The molecule has 6 heteroatoms. The van der Waals surface area contributed by atoms with E-state index in [4.69, 9.17) is 11.6 Å². The molecule has 0 atom stereocenters. The van der Waals surface area contributed by atoms with Crippen LogP contribution in [-0.2, 0) is 0 Å². The maximum atomic E-state index is 13.0. The van der Waals surface area contributed by atoms with Crippen LogP contribution in [0.1, 0.15) is 0 Å². The zero-order valence-corrected chi connectivity index (χ0v) is 12.0. The molecule has 0 amide bonds. The second-order valence-electron chi connectivity index (χ2n) is 4.82. The van der Waals surface area contributed by atoms with E-state index >= 15 is 0 Å². The number of para-hydroxylation sites is 1. The number of nitrogens with zero attached hydrogens (tertiary/aromatic N) is 3. The highest BCUT2D eigenvalue weighted by Gasteiger charge is 2.11. The Morgan fingerprint density at radius 2 is 1.91 bits per heavy atom. The molecule has 0 fully saturated rings. The number of halogens is 2. The van der Waals surface area contributed by atoms with Gasteiger partial charge in [-0.25, -0.2) is 14.4 Å². The Labute approximate surface area is 130 Å². The molecule has 0 saturated heterocycles. The Kier molecular flexibility index (Phi) is 2.94. The Bertz CT molecular complexity index is 979. The Morgan fingerprint density at radius 1 is 1.09 bits per heavy atom. The lowest BCUT2D eigenvalue weighted by Crippen LogP contribution is -2.00. The fourth-order valence-electron chi connectivity index (χ4n) is 2.42. The first-order chi connectivity index (χ1) is 10.7. The molecule has 0 saturated carbocycles. The van der Waals surface area contributed by atoms with E-state index < -0.39 is 0 Å². The quantitative estimate of drug-likeness (QED) is 0.596. The van der Waals surface area contributed by atoms with Gasteiger partial charge in [0.15, 0.2) is 11.5 Å². The zero-order valence-electron chi connectivity index (χ0n) is 11.3. The summed E-state index contributed by atoms with van der Waals surface area (Å²) in [4.78, 5) is 8.91. The third-order valence-corrected chi connectivity index (χ3v) is 3.70. The number of rotatable bonds is 2. The molecule has 4 aromatic rings. The van der Waals surface area contributed by atoms with E-state index in [-0.39, 0.29) is 5.82 Å². The first-order valence-corrected chi connectivity index (χ1v) is 7.04. The number of hydrogen-bond donors (Lipinski definition) is 1. The molecule has 2 aromatic carbocycles. The van der Waals surface area contributed by atoms with Gasteiger partial charge in [0, 0.05) is 18.1 Å². The summed E-state index contributed by atoms with van der Waals surface area (Å²) in [6.07, 6.45) is 3.52. The summed E-state index contributed by atoms with van der Waals surface area (Å²) in [5, 5.41) is 3.78. The van der Waals surface area contributed by atoms with Gasteiger partial charge in [-0.2, -0.15) is 0 Å². The summed E-state index contributed by atoms with van der Waals surface area (Å²) in [6, 6.07) is 11.6. The number of aromatic nitrogens is 3. The van der Waals surface area contributed by atoms with Crippen LogP contribution in [0.25, 0.3) is 16.7 Å². The topological polar surface area (TPSA) is 42.2 Å². The summed E-state index contributed by atoms with van der Waals surface area (Å²) in [6.45, 7) is 0. The molecule has 22 heavy (non-hydrogen) atoms. The van der Waals surface area contributed by atoms with E-state index in [1.54, 1.807) is 18.3 Å². The summed E-state index contributed by atoms with van der Waals surface area (Å²) in [5.41, 5.74) is 2.95. The van der Waals surface area contributed by atoms with Crippen molar-refractivity contribution < 1.29 is 4.39 Å². The maximum Gasteiger partial charge on any atom is 0.180 e. The monoisotopic (exact) mass is 312 g/mol. The highest BCUT2D eigenvalue weighted by Crippen LogP contribution is 2.27. The van der Waals surface area contributed by atoms with Crippen LogP contribution in [0.15, 0.2) is 54.9 Å². The second-order valence-corrected chi connectivity index (χ2v) is 5.23. The van der Waals surface area contributed by atoms with Crippen LogP contribution in [0.2, 0.25) is 5.02 Å². The molecule has 0 aliphatic heterocycles. The van der Waals surface area contributed by atoms with Gasteiger partial charge in [-0.1, -0.05) is 17.7 Å². The largest absolute Gasteiger partial charge is 0.337 e. The number of anilines is 2. The molecule has 1 N–H and O–H groups in total. The van der Waals surface area contributed by atoms with Gasteiger partial charge < -0.3 is 5.32 Å². The minimum absolute atomic E-state index is 0.283. The van der Waals surface area contributed by atoms with E-state index in [0.717, 1.165) is 16.7 Å². The van der Waals surface area contributed by atoms with Gasteiger partial charge in [-0.3, -0.25) is 4.40 Å². The third-order valence-electron chi connectivity index (χ3n) is 3.40. The summed E-state index contributed by atoms with van der Waals surface area (Å²) < 4.78 is 14.9. The molecule has 4 nitrogen and oxygen atoms in total. The van der Waals surface area contributed by atoms with E-state index in [0.29, 0.717) is 16.5 Å². The molecule has 2 heterocycles. The predicted octanol–water partition coefficient (Wildman–Crippen LogP) is 4.42. The molecule has 0 unspecified atom stereocenters. The van der Waals surface area contributed by atoms with Gasteiger partial charge in [0.05, 0.1) is 16.1 Å². The molecule has 2 aromatic heterocycles. The fourth-order valence-corrected chi connectivity index (χ4v) is 2.68. The van der Waals surface area contributed by atoms with Crippen molar-refractivity contribution in [3.05, 3.63) is 65.7 Å². The SMILES string of the molecule is Fc1ccc(Nc2nc3cccc(Cl)c3n3ccnc23)cc1. The first-order valence-electron chi connectivity index (χ1n) is 6.66. The normalized spacial score (nSPS) is 11.2. The summed E-state index contributed by atoms with van der Waals surface area (Å²) >= 11 is 6.27. The van der Waals surface area contributed by atoms with Crippen molar-refractivity contribution in [1.29, 1.82) is 0 Å². The lowest BCUT2D eigenvalue weighted by Gasteiger charge is -2.10. The molecule has 108 valence electrons. The number of benzene rings is 2. The number of hydrogen-bond acceptors (Lipinski definition) is 3. The van der Waals surface area contributed by atoms with Gasteiger partial charge in [0.1, 0.15) is 5.82 Å². The highest BCUT2D eigenvalue weighted by atomic mass is 35.5. The summed E-state index contributed by atoms with van der Waals surface area (Å²) in [7, 11) is 0. The molecule has 0 spiro atoms. The number of nitrogens with one attached hydrogen (secondary N) is 1. The Morgan fingerprint density at radius 3 is 2.73 bits per heavy atom. The molecular formula is C16H10ClFN4. The van der Waals surface area contributed by atoms with Crippen molar-refractivity contribution in [3.8, 4) is 0 Å². The van der Waals surface area contributed by atoms with E-state index in [1.165, 1.54) is 12.1 Å². The predicted molar refractivity (Wildman–Crippen MR) is 85.2 cm³/mol. The van der Waals surface area contributed by atoms with Crippen LogP contribution >= 0.6 is 11.6 Å². The van der Waals surface area contributed by atoms with Gasteiger partial charge in [0.25, 0.3) is 0 Å². The lowest BCUT2D eigenvalue weighted by atomic mass is 10.3. The van der Waals surface area contributed by atoms with Crippen molar-refractivity contribution in [3.63, 3.8) is 0 Å². The zero-order chi connectivity index (χ0) is 15.1. The molecular weight excluding hydrogens is 303 g/mol. The van der Waals surface area contributed by atoms with Crippen molar-refractivity contribution in [2.75, 3.05) is 5.32 Å². The Hall–Kier alpha value is -2.66. The molecule has 0 radical (unpaired) electrons. The van der Waals surface area contributed by atoms with Crippen molar-refractivity contribution in [2.45, 2.75) is 0 Å². The van der Waals surface area contributed by atoms with Gasteiger partial charge in [-0.15, -0.1) is 0 Å². The lowest BCUT2D eigenvalue weighted by molar-refractivity contribution is 0.628. The molecule has 0 aliphatic carbocycles. The molecule has 0 aliphatic rings. The average Bonchev–Trinajstić information content (AvgIpc) is 2.99. The van der Waals surface area contributed by atoms with Crippen LogP contribution in [0.5, 0.6) is 0 Å². The minimum atomic E-state index is -0.283. The van der Waals surface area contributed by atoms with Gasteiger partial charge in [-0.05, 0) is 36.4 Å². The first kappa shape index (κ1) is 13.0. The van der Waals surface area contributed by atoms with E-state index in [1.807, 2.05) is 28.8 Å². The molecule has 4 rings (SSSR count). The van der Waals surface area contributed by atoms with Crippen LogP contribution in [0.3, 0.4) is 0 Å². The fraction of sp³-hybridized carbons (Fsp3) is 0. The van der Waals surface area contributed by atoms with E-state index in [9.17, 15) is 4.39 Å². The van der Waals surface area contributed by atoms with E-state index in [2.05, 4.69) is 15.3 Å². The average molecular weight is 313 g/mol. The minimum Gasteiger partial charge on any atom is -0.337 e. The summed E-state index contributed by atoms with van der Waals surface area (Å²) in [5.74, 6) is 0.307. The van der Waals surface area contributed by atoms with Gasteiger partial charge >= 0.3 is 0 Å². The maximum absolute atomic E-state index is 13.0. The van der Waals surface area contributed by atoms with Gasteiger partial charge in [0.2, 0.25) is 0 Å². The van der Waals surface area contributed by atoms with Crippen LogP contribution < -0.4 is 5.32 Å². The Balaban J connectivity index is 1.93. The standard InChI is InChI=1S/C16H10ClFN4/c17-12-2-1-3-13-14(12)22-9-8-19-16(22)15(21-13)20-11-6-4-10(18)5-7-11/h1-9H,(H,20,21). The molecule has 0 bridgehead atoms. The number of imidazole rings is 1. The smallest absolute Gasteiger partial charge is 0.180 e. The van der Waals surface area contributed by atoms with Crippen LogP contribution in [-0.4, -0.2) is 14.4 Å². The van der Waals surface area contributed by atoms with Crippen LogP contribution in [0, 0.1) is 5.82 Å².